The minimum absolute atomic E-state index is 0.0391. The summed E-state index contributed by atoms with van der Waals surface area (Å²) in [5.74, 6) is -0.326. The van der Waals surface area contributed by atoms with E-state index in [1.54, 1.807) is 12.3 Å². The summed E-state index contributed by atoms with van der Waals surface area (Å²) in [6.07, 6.45) is 1.63. The first-order valence-corrected chi connectivity index (χ1v) is 5.91. The Morgan fingerprint density at radius 1 is 1.22 bits per heavy atom. The van der Waals surface area contributed by atoms with Crippen molar-refractivity contribution in [2.75, 3.05) is 7.11 Å². The number of benzene rings is 1. The zero-order valence-corrected chi connectivity index (χ0v) is 11.2. The van der Waals surface area contributed by atoms with Crippen molar-refractivity contribution in [1.29, 1.82) is 0 Å². The average molecular weight is 243 g/mol. The van der Waals surface area contributed by atoms with Crippen molar-refractivity contribution < 1.29 is 9.53 Å². The molecule has 1 aromatic heterocycles. The van der Waals surface area contributed by atoms with Crippen molar-refractivity contribution in [3.05, 3.63) is 41.6 Å². The van der Waals surface area contributed by atoms with E-state index in [-0.39, 0.29) is 11.4 Å². The topological polar surface area (TPSA) is 39.2 Å². The molecule has 0 aliphatic heterocycles. The standard InChI is InChI=1S/C15H17NO2/c1-15(2,3)10-5-6-13-12(9-10)11(7-8-16-13)14(17)18-4/h5-9H,1-4H3. The van der Waals surface area contributed by atoms with E-state index in [0.717, 1.165) is 10.9 Å². The smallest absolute Gasteiger partial charge is 0.338 e. The fourth-order valence-electron chi connectivity index (χ4n) is 1.90. The summed E-state index contributed by atoms with van der Waals surface area (Å²) in [6.45, 7) is 6.42. The number of esters is 1. The Morgan fingerprint density at radius 2 is 1.94 bits per heavy atom. The van der Waals surface area contributed by atoms with Crippen molar-refractivity contribution in [2.45, 2.75) is 26.2 Å². The normalized spacial score (nSPS) is 11.6. The Kier molecular flexibility index (Phi) is 3.07. The molecule has 0 saturated carbocycles. The maximum Gasteiger partial charge on any atom is 0.338 e. The Labute approximate surface area is 107 Å². The molecule has 3 nitrogen and oxygen atoms in total. The highest BCUT2D eigenvalue weighted by Crippen LogP contribution is 2.27. The Bertz CT molecular complexity index is 597. The third kappa shape index (κ3) is 2.21. The first kappa shape index (κ1) is 12.6. The molecule has 1 aromatic carbocycles. The molecular formula is C15H17NO2. The van der Waals surface area contributed by atoms with Crippen molar-refractivity contribution >= 4 is 16.9 Å². The number of hydrogen-bond donors (Lipinski definition) is 0. The predicted molar refractivity (Wildman–Crippen MR) is 71.8 cm³/mol. The second-order valence-corrected chi connectivity index (χ2v) is 5.33. The van der Waals surface area contributed by atoms with Gasteiger partial charge in [-0.15, -0.1) is 0 Å². The van der Waals surface area contributed by atoms with Gasteiger partial charge in [-0.05, 0) is 29.2 Å². The number of nitrogens with zero attached hydrogens (tertiary/aromatic N) is 1. The largest absolute Gasteiger partial charge is 0.465 e. The molecule has 0 fully saturated rings. The van der Waals surface area contributed by atoms with Crippen LogP contribution in [0.1, 0.15) is 36.7 Å². The monoisotopic (exact) mass is 243 g/mol. The van der Waals surface area contributed by atoms with Gasteiger partial charge in [0.25, 0.3) is 0 Å². The molecule has 94 valence electrons. The molecule has 0 aliphatic carbocycles. The van der Waals surface area contributed by atoms with Crippen molar-refractivity contribution in [1.82, 2.24) is 4.98 Å². The fraction of sp³-hybridized carbons (Fsp3) is 0.333. The predicted octanol–water partition coefficient (Wildman–Crippen LogP) is 3.32. The van der Waals surface area contributed by atoms with E-state index in [4.69, 9.17) is 4.74 Å². The van der Waals surface area contributed by atoms with Gasteiger partial charge in [0.2, 0.25) is 0 Å². The van der Waals surface area contributed by atoms with Gasteiger partial charge in [0.1, 0.15) is 0 Å². The molecular weight excluding hydrogens is 226 g/mol. The Balaban J connectivity index is 2.70. The highest BCUT2D eigenvalue weighted by molar-refractivity contribution is 6.03. The summed E-state index contributed by atoms with van der Waals surface area (Å²) in [5, 5.41) is 0.844. The molecule has 0 unspecified atom stereocenters. The van der Waals surface area contributed by atoms with Gasteiger partial charge in [0, 0.05) is 11.6 Å². The maximum absolute atomic E-state index is 11.7. The van der Waals surface area contributed by atoms with Crippen LogP contribution in [0.15, 0.2) is 30.5 Å². The molecule has 0 aliphatic rings. The highest BCUT2D eigenvalue weighted by atomic mass is 16.5. The number of ether oxygens (including phenoxy) is 1. The molecule has 2 rings (SSSR count). The van der Waals surface area contributed by atoms with Gasteiger partial charge in [0.15, 0.2) is 0 Å². The van der Waals surface area contributed by atoms with Crippen molar-refractivity contribution in [3.63, 3.8) is 0 Å². The van der Waals surface area contributed by atoms with Crippen LogP contribution in [0.5, 0.6) is 0 Å². The van der Waals surface area contributed by atoms with Crippen LogP contribution < -0.4 is 0 Å². The van der Waals surface area contributed by atoms with E-state index in [1.165, 1.54) is 12.7 Å². The summed E-state index contributed by atoms with van der Waals surface area (Å²) in [7, 11) is 1.39. The van der Waals surface area contributed by atoms with Crippen molar-refractivity contribution in [3.8, 4) is 0 Å². The van der Waals surface area contributed by atoms with Crippen LogP contribution in [0.2, 0.25) is 0 Å². The highest BCUT2D eigenvalue weighted by Gasteiger charge is 2.16. The molecule has 0 N–H and O–H groups in total. The van der Waals surface area contributed by atoms with Crippen LogP contribution >= 0.6 is 0 Å². The van der Waals surface area contributed by atoms with E-state index in [0.29, 0.717) is 5.56 Å². The summed E-state index contributed by atoms with van der Waals surface area (Å²) in [5.41, 5.74) is 2.59. The van der Waals surface area contributed by atoms with Gasteiger partial charge in [-0.2, -0.15) is 0 Å². The molecule has 0 atom stereocenters. The lowest BCUT2D eigenvalue weighted by Crippen LogP contribution is -2.11. The van der Waals surface area contributed by atoms with Crippen LogP contribution in [0.25, 0.3) is 10.9 Å². The summed E-state index contributed by atoms with van der Waals surface area (Å²) in [4.78, 5) is 16.0. The number of methoxy groups -OCH3 is 1. The molecule has 18 heavy (non-hydrogen) atoms. The number of pyridine rings is 1. The Morgan fingerprint density at radius 3 is 2.56 bits per heavy atom. The lowest BCUT2D eigenvalue weighted by Gasteiger charge is -2.19. The summed E-state index contributed by atoms with van der Waals surface area (Å²) in [6, 6.07) is 7.72. The third-order valence-electron chi connectivity index (χ3n) is 3.01. The van der Waals surface area contributed by atoms with Crippen LogP contribution in [0, 0.1) is 0 Å². The van der Waals surface area contributed by atoms with E-state index >= 15 is 0 Å². The first-order chi connectivity index (χ1) is 8.43. The van der Waals surface area contributed by atoms with Gasteiger partial charge >= 0.3 is 5.97 Å². The molecule has 0 bridgehead atoms. The van der Waals surface area contributed by atoms with Crippen LogP contribution in [0.3, 0.4) is 0 Å². The van der Waals surface area contributed by atoms with Crippen LogP contribution in [-0.2, 0) is 10.2 Å². The second-order valence-electron chi connectivity index (χ2n) is 5.33. The summed E-state index contributed by atoms with van der Waals surface area (Å²) >= 11 is 0. The lowest BCUT2D eigenvalue weighted by atomic mass is 9.86. The quantitative estimate of drug-likeness (QED) is 0.721. The molecule has 1 heterocycles. The third-order valence-corrected chi connectivity index (χ3v) is 3.01. The zero-order valence-electron chi connectivity index (χ0n) is 11.2. The van der Waals surface area contributed by atoms with E-state index < -0.39 is 0 Å². The average Bonchev–Trinajstić information content (AvgIpc) is 2.35. The first-order valence-electron chi connectivity index (χ1n) is 5.91. The van der Waals surface area contributed by atoms with Gasteiger partial charge < -0.3 is 4.74 Å². The molecule has 2 aromatic rings. The molecule has 0 radical (unpaired) electrons. The summed E-state index contributed by atoms with van der Waals surface area (Å²) < 4.78 is 4.80. The van der Waals surface area contributed by atoms with Gasteiger partial charge in [-0.25, -0.2) is 4.79 Å². The van der Waals surface area contributed by atoms with Crippen molar-refractivity contribution in [2.24, 2.45) is 0 Å². The molecule has 0 amide bonds. The van der Waals surface area contributed by atoms with Gasteiger partial charge in [-0.3, -0.25) is 4.98 Å². The maximum atomic E-state index is 11.7. The minimum Gasteiger partial charge on any atom is -0.465 e. The molecule has 0 spiro atoms. The number of carbonyl (C=O) groups excluding carboxylic acids is 1. The molecule has 3 heteroatoms. The number of rotatable bonds is 1. The van der Waals surface area contributed by atoms with E-state index in [1.807, 2.05) is 12.1 Å². The Hall–Kier alpha value is -1.90. The second kappa shape index (κ2) is 4.41. The van der Waals surface area contributed by atoms with E-state index in [9.17, 15) is 4.79 Å². The number of fused-ring (bicyclic) bond motifs is 1. The SMILES string of the molecule is COC(=O)c1ccnc2ccc(C(C)(C)C)cc12. The molecule has 0 saturated heterocycles. The zero-order chi connectivity index (χ0) is 13.3. The van der Waals surface area contributed by atoms with E-state index in [2.05, 4.69) is 31.8 Å². The van der Waals surface area contributed by atoms with Gasteiger partial charge in [0.05, 0.1) is 18.2 Å². The number of hydrogen-bond acceptors (Lipinski definition) is 3. The lowest BCUT2D eigenvalue weighted by molar-refractivity contribution is 0.0603. The fourth-order valence-corrected chi connectivity index (χ4v) is 1.90. The number of aromatic nitrogens is 1. The minimum atomic E-state index is -0.326. The number of carbonyl (C=O) groups is 1. The van der Waals surface area contributed by atoms with Gasteiger partial charge in [-0.1, -0.05) is 26.8 Å². The van der Waals surface area contributed by atoms with Crippen LogP contribution in [0.4, 0.5) is 0 Å². The van der Waals surface area contributed by atoms with Crippen LogP contribution in [-0.4, -0.2) is 18.1 Å².